The minimum atomic E-state index is -1.13. The highest BCUT2D eigenvalue weighted by atomic mass is 16.4. The van der Waals surface area contributed by atoms with E-state index < -0.39 is 6.09 Å². The number of anilines is 3. The van der Waals surface area contributed by atoms with Gasteiger partial charge in [-0.1, -0.05) is 32.6 Å². The summed E-state index contributed by atoms with van der Waals surface area (Å²) >= 11 is 0. The summed E-state index contributed by atoms with van der Waals surface area (Å²) in [5.41, 5.74) is 2.51. The number of hydrogen-bond acceptors (Lipinski definition) is 5. The summed E-state index contributed by atoms with van der Waals surface area (Å²) in [6.45, 7) is 13.6. The smallest absolute Gasteiger partial charge is 0.413 e. The Morgan fingerprint density at radius 2 is 2.00 bits per heavy atom. The third kappa shape index (κ3) is 5.68. The van der Waals surface area contributed by atoms with E-state index in [4.69, 9.17) is 4.98 Å². The van der Waals surface area contributed by atoms with E-state index in [1.54, 1.807) is 41.0 Å². The lowest BCUT2D eigenvalue weighted by molar-refractivity contribution is -0.111. The van der Waals surface area contributed by atoms with Crippen LogP contribution in [0.25, 0.3) is 5.65 Å². The average molecular weight is 451 g/mol. The van der Waals surface area contributed by atoms with Crippen LogP contribution >= 0.6 is 0 Å². The van der Waals surface area contributed by atoms with Crippen molar-refractivity contribution in [1.82, 2.24) is 14.6 Å². The number of nitrogens with one attached hydrogen (secondary N) is 2. The molecule has 33 heavy (non-hydrogen) atoms. The fraction of sp³-hybridized carbons (Fsp3) is 0.333. The van der Waals surface area contributed by atoms with E-state index in [0.29, 0.717) is 28.5 Å². The predicted octanol–water partition coefficient (Wildman–Crippen LogP) is 4.87. The summed E-state index contributed by atoms with van der Waals surface area (Å²) in [6, 6.07) is 8.70. The Bertz CT molecular complexity index is 1190. The molecule has 0 saturated heterocycles. The summed E-state index contributed by atoms with van der Waals surface area (Å²) in [5.74, 6) is 0.752. The van der Waals surface area contributed by atoms with Gasteiger partial charge in [-0.05, 0) is 50.5 Å². The molecule has 174 valence electrons. The maximum Gasteiger partial charge on any atom is 0.413 e. The standard InChI is InChI=1S/C24H30N6O3/c1-7-20(31)26-17-10-8-9-16(11-17)14-29(23(32)33)21-12-19(28-24(4,5)6)27-22-18(15(2)3)13-25-30(21)22/h7-13,15H,1,14H2,2-6H3,(H,26,31)(H,27,28)(H,32,33). The van der Waals surface area contributed by atoms with E-state index in [1.165, 1.54) is 11.0 Å². The topological polar surface area (TPSA) is 112 Å². The zero-order chi connectivity index (χ0) is 24.3. The number of carboxylic acid groups (broad SMARTS) is 1. The lowest BCUT2D eigenvalue weighted by Crippen LogP contribution is -2.32. The van der Waals surface area contributed by atoms with Crippen molar-refractivity contribution < 1.29 is 14.7 Å². The molecule has 0 bridgehead atoms. The number of fused-ring (bicyclic) bond motifs is 1. The van der Waals surface area contributed by atoms with Crippen molar-refractivity contribution >= 4 is 35.0 Å². The number of rotatable bonds is 7. The van der Waals surface area contributed by atoms with Crippen LogP contribution in [-0.4, -0.2) is 37.2 Å². The zero-order valence-electron chi connectivity index (χ0n) is 19.6. The van der Waals surface area contributed by atoms with Gasteiger partial charge in [-0.15, -0.1) is 0 Å². The molecular formula is C24H30N6O3. The Balaban J connectivity index is 2.09. The van der Waals surface area contributed by atoms with E-state index in [-0.39, 0.29) is 23.9 Å². The van der Waals surface area contributed by atoms with Gasteiger partial charge in [-0.25, -0.2) is 9.78 Å². The second-order valence-electron chi connectivity index (χ2n) is 9.13. The van der Waals surface area contributed by atoms with Crippen LogP contribution in [0.4, 0.5) is 22.1 Å². The molecule has 9 nitrogen and oxygen atoms in total. The van der Waals surface area contributed by atoms with Crippen LogP contribution in [0.3, 0.4) is 0 Å². The Labute approximate surface area is 193 Å². The zero-order valence-corrected chi connectivity index (χ0v) is 19.6. The predicted molar refractivity (Wildman–Crippen MR) is 130 cm³/mol. The number of aromatic nitrogens is 3. The molecule has 2 heterocycles. The Kier molecular flexibility index (Phi) is 6.71. The first-order valence-electron chi connectivity index (χ1n) is 10.7. The van der Waals surface area contributed by atoms with Crippen LogP contribution in [0.15, 0.2) is 49.2 Å². The molecular weight excluding hydrogens is 420 g/mol. The number of carbonyl (C=O) groups excluding carboxylic acids is 1. The SMILES string of the molecule is C=CC(=O)Nc1cccc(CN(C(=O)O)c2cc(NC(C)(C)C)nc3c(C(C)C)cnn23)c1. The third-order valence-electron chi connectivity index (χ3n) is 4.83. The van der Waals surface area contributed by atoms with Crippen molar-refractivity contribution in [1.29, 1.82) is 0 Å². The van der Waals surface area contributed by atoms with Crippen LogP contribution in [0.1, 0.15) is 51.7 Å². The lowest BCUT2D eigenvalue weighted by atomic mass is 10.1. The molecule has 3 rings (SSSR count). The third-order valence-corrected chi connectivity index (χ3v) is 4.83. The van der Waals surface area contributed by atoms with Gasteiger partial charge in [0.1, 0.15) is 11.6 Å². The highest BCUT2D eigenvalue weighted by Gasteiger charge is 2.23. The fourth-order valence-electron chi connectivity index (χ4n) is 3.38. The van der Waals surface area contributed by atoms with Gasteiger partial charge in [0.25, 0.3) is 0 Å². The molecule has 3 aromatic rings. The van der Waals surface area contributed by atoms with E-state index in [0.717, 1.165) is 5.56 Å². The van der Waals surface area contributed by atoms with Gasteiger partial charge in [0.05, 0.1) is 12.7 Å². The van der Waals surface area contributed by atoms with E-state index >= 15 is 0 Å². The summed E-state index contributed by atoms with van der Waals surface area (Å²) in [6.07, 6.45) is 1.77. The normalized spacial score (nSPS) is 11.5. The molecule has 9 heteroatoms. The quantitative estimate of drug-likeness (QED) is 0.443. The highest BCUT2D eigenvalue weighted by molar-refractivity contribution is 5.98. The summed E-state index contributed by atoms with van der Waals surface area (Å²) < 4.78 is 1.56. The van der Waals surface area contributed by atoms with Crippen molar-refractivity contribution in [3.05, 3.63) is 60.3 Å². The number of carbonyl (C=O) groups is 2. The molecule has 0 fully saturated rings. The number of benzene rings is 1. The minimum Gasteiger partial charge on any atom is -0.465 e. The summed E-state index contributed by atoms with van der Waals surface area (Å²) in [7, 11) is 0. The molecule has 0 saturated carbocycles. The molecule has 0 radical (unpaired) electrons. The maximum absolute atomic E-state index is 12.4. The highest BCUT2D eigenvalue weighted by Crippen LogP contribution is 2.28. The number of amides is 2. The lowest BCUT2D eigenvalue weighted by Gasteiger charge is -2.25. The fourth-order valence-corrected chi connectivity index (χ4v) is 3.38. The van der Waals surface area contributed by atoms with Crippen LogP contribution in [0, 0.1) is 0 Å². The van der Waals surface area contributed by atoms with Gasteiger partial charge >= 0.3 is 6.09 Å². The summed E-state index contributed by atoms with van der Waals surface area (Å²) in [5, 5.41) is 20.6. The molecule has 0 unspecified atom stereocenters. The largest absolute Gasteiger partial charge is 0.465 e. The maximum atomic E-state index is 12.4. The van der Waals surface area contributed by atoms with Gasteiger partial charge in [0, 0.05) is 22.9 Å². The second-order valence-corrected chi connectivity index (χ2v) is 9.13. The molecule has 0 aliphatic heterocycles. The molecule has 2 aromatic heterocycles. The molecule has 0 spiro atoms. The van der Waals surface area contributed by atoms with Crippen molar-refractivity contribution in [3.8, 4) is 0 Å². The minimum absolute atomic E-state index is 0.0536. The van der Waals surface area contributed by atoms with Crippen molar-refractivity contribution in [2.75, 3.05) is 15.5 Å². The molecule has 1 aromatic carbocycles. The second kappa shape index (κ2) is 9.32. The molecule has 0 atom stereocenters. The van der Waals surface area contributed by atoms with E-state index in [2.05, 4.69) is 22.3 Å². The van der Waals surface area contributed by atoms with E-state index in [9.17, 15) is 14.7 Å². The van der Waals surface area contributed by atoms with Gasteiger partial charge in [-0.3, -0.25) is 9.69 Å². The first-order valence-corrected chi connectivity index (χ1v) is 10.7. The van der Waals surface area contributed by atoms with Gasteiger partial charge in [-0.2, -0.15) is 9.61 Å². The van der Waals surface area contributed by atoms with Crippen LogP contribution in [0.2, 0.25) is 0 Å². The monoisotopic (exact) mass is 450 g/mol. The van der Waals surface area contributed by atoms with Crippen LogP contribution in [0.5, 0.6) is 0 Å². The van der Waals surface area contributed by atoms with Crippen LogP contribution in [-0.2, 0) is 11.3 Å². The Morgan fingerprint density at radius 3 is 2.61 bits per heavy atom. The van der Waals surface area contributed by atoms with Crippen LogP contribution < -0.4 is 15.5 Å². The number of nitrogens with zero attached hydrogens (tertiary/aromatic N) is 4. The average Bonchev–Trinajstić information content (AvgIpc) is 3.14. The Morgan fingerprint density at radius 1 is 1.27 bits per heavy atom. The van der Waals surface area contributed by atoms with E-state index in [1.807, 2.05) is 34.6 Å². The van der Waals surface area contributed by atoms with Gasteiger partial charge in [0.2, 0.25) is 5.91 Å². The van der Waals surface area contributed by atoms with Crippen molar-refractivity contribution in [3.63, 3.8) is 0 Å². The molecule has 3 N–H and O–H groups in total. The molecule has 0 aliphatic carbocycles. The first-order chi connectivity index (χ1) is 15.5. The number of hydrogen-bond donors (Lipinski definition) is 3. The molecule has 2 amide bonds. The first kappa shape index (κ1) is 23.8. The van der Waals surface area contributed by atoms with Gasteiger partial charge in [0.15, 0.2) is 5.65 Å². The summed E-state index contributed by atoms with van der Waals surface area (Å²) in [4.78, 5) is 29.9. The van der Waals surface area contributed by atoms with Crippen molar-refractivity contribution in [2.24, 2.45) is 0 Å². The Hall–Kier alpha value is -3.88. The van der Waals surface area contributed by atoms with Gasteiger partial charge < -0.3 is 15.7 Å². The van der Waals surface area contributed by atoms with Crippen molar-refractivity contribution in [2.45, 2.75) is 52.6 Å². The molecule has 0 aliphatic rings.